The molecule has 0 N–H and O–H groups in total. The topological polar surface area (TPSA) is 51.9 Å². The summed E-state index contributed by atoms with van der Waals surface area (Å²) in [6.45, 7) is 0. The van der Waals surface area contributed by atoms with Gasteiger partial charge >= 0.3 is 0 Å². The van der Waals surface area contributed by atoms with E-state index < -0.39 is 0 Å². The lowest BCUT2D eigenvalue weighted by molar-refractivity contribution is 1.31. The first-order valence-electron chi connectivity index (χ1n) is 42.2. The van der Waals surface area contributed by atoms with Gasteiger partial charge in [-0.3, -0.25) is 13.2 Å². The molecule has 19 aromatic carbocycles. The van der Waals surface area contributed by atoms with Crippen LogP contribution < -0.4 is 0 Å². The highest BCUT2D eigenvalue weighted by molar-refractivity contribution is 6.22. The molecular formula is C117H72N6. The van der Waals surface area contributed by atoms with Gasteiger partial charge in [-0.1, -0.05) is 309 Å². The van der Waals surface area contributed by atoms with Crippen molar-refractivity contribution in [3.8, 4) is 134 Å². The number of pyridine rings is 3. The molecule has 0 atom stereocenters. The molecule has 25 rings (SSSR count). The summed E-state index contributed by atoms with van der Waals surface area (Å²) in [5.74, 6) is 0. The summed E-state index contributed by atoms with van der Waals surface area (Å²) in [5.41, 5.74) is 39.2. The summed E-state index contributed by atoms with van der Waals surface area (Å²) < 4.78 is 7.18. The maximum atomic E-state index is 5.52. The van der Waals surface area contributed by atoms with E-state index in [1.54, 1.807) is 0 Å². The fourth-order valence-electron chi connectivity index (χ4n) is 19.9. The first-order chi connectivity index (χ1) is 61.0. The zero-order valence-corrected chi connectivity index (χ0v) is 66.8. The Morgan fingerprint density at radius 1 is 0.130 bits per heavy atom. The Kier molecular flexibility index (Phi) is 15.9. The van der Waals surface area contributed by atoms with Crippen LogP contribution in [0.2, 0.25) is 0 Å². The van der Waals surface area contributed by atoms with E-state index in [-0.39, 0.29) is 0 Å². The molecule has 25 aromatic rings. The van der Waals surface area contributed by atoms with E-state index >= 15 is 0 Å². The van der Waals surface area contributed by atoms with E-state index in [9.17, 15) is 0 Å². The van der Waals surface area contributed by atoms with Gasteiger partial charge in [0.05, 0.1) is 49.7 Å². The summed E-state index contributed by atoms with van der Waals surface area (Å²) in [5, 5.41) is 10.1. The number of imidazole rings is 3. The molecule has 0 aliphatic carbocycles. The van der Waals surface area contributed by atoms with Gasteiger partial charge < -0.3 is 0 Å². The molecule has 0 aliphatic heterocycles. The standard InChI is InChI=1S/C117H72N6/c1-7-31-73(32-8-1)82-67-99(78-41-17-6-18-42-78)114-105(68-82)102-66-81(57-60-94(102)117-120-108-51-27-30-54-111(108)123(114)117)88-45-21-24-48-91(88)85-62-83(89-46-22-19-43-86(89)79-55-58-92-100(64-79)103-69-95(74-33-9-2-10-34-74)97(76-37-13-4-14-38-76)71-112(103)121-109-52-28-25-49-106(109)118-115(92)121)61-84(63-85)90-47-23-20-44-87(90)80-56-59-93-101(65-80)104-70-96(75-35-11-3-12-36-75)98(77-39-15-5-16-40-77)72-113(104)122-110-53-29-26-50-107(110)119-116(93)122/h1-72H. The summed E-state index contributed by atoms with van der Waals surface area (Å²) in [7, 11) is 0. The maximum Gasteiger partial charge on any atom is 0.146 e. The third kappa shape index (κ3) is 11.3. The largest absolute Gasteiger partial charge is 0.292 e. The van der Waals surface area contributed by atoms with Crippen molar-refractivity contribution in [1.29, 1.82) is 0 Å². The van der Waals surface area contributed by atoms with Crippen LogP contribution in [0.25, 0.3) is 249 Å². The molecule has 0 radical (unpaired) electrons. The molecule has 0 amide bonds. The van der Waals surface area contributed by atoms with Crippen LogP contribution in [0.5, 0.6) is 0 Å². The van der Waals surface area contributed by atoms with Crippen molar-refractivity contribution in [3.05, 3.63) is 437 Å². The molecule has 0 fully saturated rings. The normalized spacial score (nSPS) is 11.9. The number of hydrogen-bond acceptors (Lipinski definition) is 3. The molecule has 570 valence electrons. The summed E-state index contributed by atoms with van der Waals surface area (Å²) >= 11 is 0. The van der Waals surface area contributed by atoms with Crippen LogP contribution in [0.3, 0.4) is 0 Å². The molecule has 0 spiro atoms. The molecular weight excluding hydrogens is 1490 g/mol. The van der Waals surface area contributed by atoms with Gasteiger partial charge in [0.1, 0.15) is 16.9 Å². The Hall–Kier alpha value is -16.4. The molecule has 6 aromatic heterocycles. The van der Waals surface area contributed by atoms with Gasteiger partial charge in [0.25, 0.3) is 0 Å². The van der Waals surface area contributed by atoms with Crippen LogP contribution in [0.4, 0.5) is 0 Å². The molecule has 0 aliphatic rings. The van der Waals surface area contributed by atoms with E-state index in [4.69, 9.17) is 15.0 Å². The number of hydrogen-bond donors (Lipinski definition) is 0. The highest BCUT2D eigenvalue weighted by atomic mass is 15.0. The monoisotopic (exact) mass is 1560 g/mol. The van der Waals surface area contributed by atoms with Crippen molar-refractivity contribution in [2.75, 3.05) is 0 Å². The van der Waals surface area contributed by atoms with Crippen molar-refractivity contribution in [3.63, 3.8) is 0 Å². The van der Waals surface area contributed by atoms with Crippen LogP contribution in [0.15, 0.2) is 437 Å². The number of rotatable bonds is 12. The third-order valence-electron chi connectivity index (χ3n) is 25.5. The second-order valence-corrected chi connectivity index (χ2v) is 32.4. The number of para-hydroxylation sites is 6. The Morgan fingerprint density at radius 3 is 0.756 bits per heavy atom. The SMILES string of the molecule is c1ccc(-c2cc(-c3ccccc3)c3c(c2)c2cc(-c4ccccc4-c4cc(-c5ccccc5-c5ccc6c(c5)c5cc(-c7ccccc7)c(-c7ccccc7)cc5n5c7ccccc7nc65)cc(-c5ccccc5-c5ccc6c(c5)c5cc(-c7ccccc7)c(-c7ccccc7)cc5n5c7ccccc7nc65)c4)ccc2c2nc4ccccc4n23)cc1. The van der Waals surface area contributed by atoms with Gasteiger partial charge in [-0.05, 0) is 272 Å². The van der Waals surface area contributed by atoms with Crippen LogP contribution in [0.1, 0.15) is 0 Å². The molecule has 0 unspecified atom stereocenters. The van der Waals surface area contributed by atoms with Gasteiger partial charge in [-0.2, -0.15) is 0 Å². The smallest absolute Gasteiger partial charge is 0.146 e. The first-order valence-corrected chi connectivity index (χ1v) is 42.2. The summed E-state index contributed by atoms with van der Waals surface area (Å²) in [6.07, 6.45) is 0. The highest BCUT2D eigenvalue weighted by Crippen LogP contribution is 2.50. The number of fused-ring (bicyclic) bond motifs is 24. The zero-order valence-electron chi connectivity index (χ0n) is 66.8. The van der Waals surface area contributed by atoms with E-state index in [0.717, 1.165) is 237 Å². The summed E-state index contributed by atoms with van der Waals surface area (Å²) in [6, 6.07) is 161. The molecule has 123 heavy (non-hydrogen) atoms. The van der Waals surface area contributed by atoms with Gasteiger partial charge in [0.2, 0.25) is 0 Å². The van der Waals surface area contributed by atoms with E-state index in [2.05, 4.69) is 450 Å². The van der Waals surface area contributed by atoms with Crippen LogP contribution >= 0.6 is 0 Å². The van der Waals surface area contributed by atoms with Crippen LogP contribution in [0, 0.1) is 0 Å². The Labute approximate surface area is 708 Å². The zero-order chi connectivity index (χ0) is 80.7. The lowest BCUT2D eigenvalue weighted by Crippen LogP contribution is -1.96. The quantitative estimate of drug-likeness (QED) is 0.115. The number of nitrogens with zero attached hydrogens (tertiary/aromatic N) is 6. The minimum absolute atomic E-state index is 0.923. The molecule has 0 saturated carbocycles. The molecule has 0 saturated heterocycles. The van der Waals surface area contributed by atoms with E-state index in [0.29, 0.717) is 0 Å². The third-order valence-corrected chi connectivity index (χ3v) is 25.5. The van der Waals surface area contributed by atoms with Gasteiger partial charge in [-0.15, -0.1) is 0 Å². The second kappa shape index (κ2) is 28.1. The van der Waals surface area contributed by atoms with Crippen molar-refractivity contribution < 1.29 is 0 Å². The fraction of sp³-hybridized carbons (Fsp3) is 0. The Morgan fingerprint density at radius 2 is 0.398 bits per heavy atom. The Bertz CT molecular complexity index is 8310. The van der Waals surface area contributed by atoms with Gasteiger partial charge in [-0.25, -0.2) is 15.0 Å². The average molecular weight is 1560 g/mol. The lowest BCUT2D eigenvalue weighted by Gasteiger charge is -2.19. The predicted octanol–water partition coefficient (Wildman–Crippen LogP) is 31.0. The van der Waals surface area contributed by atoms with Crippen molar-refractivity contribution in [2.24, 2.45) is 0 Å². The van der Waals surface area contributed by atoms with Crippen molar-refractivity contribution in [1.82, 2.24) is 28.2 Å². The molecule has 0 bridgehead atoms. The van der Waals surface area contributed by atoms with Crippen molar-refractivity contribution in [2.45, 2.75) is 0 Å². The molecule has 6 heterocycles. The van der Waals surface area contributed by atoms with Crippen LogP contribution in [-0.4, -0.2) is 28.2 Å². The van der Waals surface area contributed by atoms with Crippen molar-refractivity contribution >= 4 is 115 Å². The first kappa shape index (κ1) is 69.7. The number of benzene rings is 19. The summed E-state index contributed by atoms with van der Waals surface area (Å²) in [4.78, 5) is 16.5. The minimum atomic E-state index is 0.923. The fourth-order valence-corrected chi connectivity index (χ4v) is 19.9. The van der Waals surface area contributed by atoms with E-state index in [1.807, 2.05) is 0 Å². The van der Waals surface area contributed by atoms with Gasteiger partial charge in [0, 0.05) is 37.9 Å². The molecule has 6 nitrogen and oxygen atoms in total. The van der Waals surface area contributed by atoms with Gasteiger partial charge in [0.15, 0.2) is 0 Å². The van der Waals surface area contributed by atoms with Crippen LogP contribution in [-0.2, 0) is 0 Å². The lowest BCUT2D eigenvalue weighted by atomic mass is 9.85. The van der Waals surface area contributed by atoms with E-state index in [1.165, 1.54) is 11.1 Å². The average Bonchev–Trinajstić information content (AvgIpc) is 1.62. The maximum absolute atomic E-state index is 5.52. The molecule has 6 heteroatoms. The minimum Gasteiger partial charge on any atom is -0.292 e. The Balaban J connectivity index is 0.728. The highest BCUT2D eigenvalue weighted by Gasteiger charge is 2.26. The number of aromatic nitrogens is 6. The predicted molar refractivity (Wildman–Crippen MR) is 515 cm³/mol. The second-order valence-electron chi connectivity index (χ2n) is 32.4.